The number of rotatable bonds is 7. The van der Waals surface area contributed by atoms with Crippen LogP contribution in [0.15, 0.2) is 66.9 Å². The van der Waals surface area contributed by atoms with Crippen molar-refractivity contribution in [1.29, 1.82) is 0 Å². The molecule has 31 heavy (non-hydrogen) atoms. The smallest absolute Gasteiger partial charge is 0.337 e. The van der Waals surface area contributed by atoms with Gasteiger partial charge in [0.15, 0.2) is 0 Å². The molecule has 9 nitrogen and oxygen atoms in total. The SMILES string of the molecule is CN(C)S(=O)(=O)n1cc(-c2ccccc2)nc1/C=C/C(=O)Nc1ccccc1C(=O)O. The van der Waals surface area contributed by atoms with Gasteiger partial charge in [-0.25, -0.2) is 13.8 Å². The average molecular weight is 440 g/mol. The number of carbonyl (C=O) groups is 2. The van der Waals surface area contributed by atoms with E-state index >= 15 is 0 Å². The van der Waals surface area contributed by atoms with E-state index in [2.05, 4.69) is 10.3 Å². The number of aromatic nitrogens is 2. The fourth-order valence-electron chi connectivity index (χ4n) is 2.70. The van der Waals surface area contributed by atoms with Crippen LogP contribution >= 0.6 is 0 Å². The lowest BCUT2D eigenvalue weighted by atomic mass is 10.2. The minimum absolute atomic E-state index is 0.0224. The van der Waals surface area contributed by atoms with Gasteiger partial charge in [0.25, 0.3) is 0 Å². The lowest BCUT2D eigenvalue weighted by Gasteiger charge is -2.12. The summed E-state index contributed by atoms with van der Waals surface area (Å²) in [6.07, 6.45) is 3.73. The molecule has 0 fully saturated rings. The van der Waals surface area contributed by atoms with E-state index in [1.54, 1.807) is 36.4 Å². The van der Waals surface area contributed by atoms with Crippen molar-refractivity contribution in [3.8, 4) is 11.3 Å². The van der Waals surface area contributed by atoms with Gasteiger partial charge in [-0.05, 0) is 18.2 Å². The maximum atomic E-state index is 12.7. The molecule has 0 spiro atoms. The van der Waals surface area contributed by atoms with Crippen LogP contribution in [0.25, 0.3) is 17.3 Å². The van der Waals surface area contributed by atoms with Crippen LogP contribution in [0.3, 0.4) is 0 Å². The van der Waals surface area contributed by atoms with Crippen LogP contribution < -0.4 is 5.32 Å². The highest BCUT2D eigenvalue weighted by molar-refractivity contribution is 7.87. The van der Waals surface area contributed by atoms with E-state index < -0.39 is 22.1 Å². The fourth-order valence-corrected chi connectivity index (χ4v) is 3.62. The molecule has 0 radical (unpaired) electrons. The number of imidazole rings is 1. The van der Waals surface area contributed by atoms with Crippen LogP contribution in [0.5, 0.6) is 0 Å². The minimum Gasteiger partial charge on any atom is -0.478 e. The quantitative estimate of drug-likeness (QED) is 0.545. The zero-order chi connectivity index (χ0) is 22.6. The maximum Gasteiger partial charge on any atom is 0.337 e. The number of para-hydroxylation sites is 1. The lowest BCUT2D eigenvalue weighted by molar-refractivity contribution is -0.111. The second kappa shape index (κ2) is 8.94. The largest absolute Gasteiger partial charge is 0.478 e. The number of benzene rings is 2. The molecule has 0 saturated carbocycles. The van der Waals surface area contributed by atoms with Gasteiger partial charge in [-0.2, -0.15) is 12.7 Å². The number of hydrogen-bond donors (Lipinski definition) is 2. The third-order valence-electron chi connectivity index (χ3n) is 4.28. The Morgan fingerprint density at radius 1 is 1.06 bits per heavy atom. The molecule has 1 heterocycles. The first-order valence-electron chi connectivity index (χ1n) is 9.09. The normalized spacial score (nSPS) is 11.7. The van der Waals surface area contributed by atoms with Crippen molar-refractivity contribution in [3.05, 3.63) is 78.3 Å². The maximum absolute atomic E-state index is 12.7. The summed E-state index contributed by atoms with van der Waals surface area (Å²) in [6.45, 7) is 0. The fraction of sp³-hybridized carbons (Fsp3) is 0.0952. The second-order valence-corrected chi connectivity index (χ2v) is 8.63. The van der Waals surface area contributed by atoms with Crippen molar-refractivity contribution in [2.75, 3.05) is 19.4 Å². The number of nitrogens with one attached hydrogen (secondary N) is 1. The topological polar surface area (TPSA) is 122 Å². The van der Waals surface area contributed by atoms with Gasteiger partial charge in [-0.1, -0.05) is 42.5 Å². The number of hydrogen-bond acceptors (Lipinski definition) is 5. The molecule has 0 unspecified atom stereocenters. The highest BCUT2D eigenvalue weighted by Crippen LogP contribution is 2.21. The number of carbonyl (C=O) groups excluding carboxylic acids is 1. The first-order chi connectivity index (χ1) is 14.7. The summed E-state index contributed by atoms with van der Waals surface area (Å²) in [4.78, 5) is 28.0. The molecule has 160 valence electrons. The van der Waals surface area contributed by atoms with Crippen LogP contribution in [-0.4, -0.2) is 52.8 Å². The van der Waals surface area contributed by atoms with E-state index in [1.165, 1.54) is 38.5 Å². The summed E-state index contributed by atoms with van der Waals surface area (Å²) in [5, 5.41) is 11.7. The number of anilines is 1. The Labute approximate surface area is 179 Å². The molecule has 0 aliphatic carbocycles. The zero-order valence-electron chi connectivity index (χ0n) is 16.8. The van der Waals surface area contributed by atoms with Crippen molar-refractivity contribution in [2.45, 2.75) is 0 Å². The molecule has 0 saturated heterocycles. The van der Waals surface area contributed by atoms with Gasteiger partial charge >= 0.3 is 16.2 Å². The highest BCUT2D eigenvalue weighted by atomic mass is 32.2. The number of nitrogens with zero attached hydrogens (tertiary/aromatic N) is 3. The van der Waals surface area contributed by atoms with Crippen molar-refractivity contribution in [3.63, 3.8) is 0 Å². The third-order valence-corrected chi connectivity index (χ3v) is 5.99. The number of amides is 1. The Bertz CT molecular complexity index is 1250. The van der Waals surface area contributed by atoms with Gasteiger partial charge in [-0.15, -0.1) is 0 Å². The van der Waals surface area contributed by atoms with Gasteiger partial charge in [0.1, 0.15) is 5.82 Å². The van der Waals surface area contributed by atoms with Crippen LogP contribution in [0, 0.1) is 0 Å². The summed E-state index contributed by atoms with van der Waals surface area (Å²) in [7, 11) is -1.11. The van der Waals surface area contributed by atoms with Gasteiger partial charge in [-0.3, -0.25) is 4.79 Å². The molecular formula is C21H20N4O5S. The molecule has 2 aromatic carbocycles. The molecule has 3 rings (SSSR count). The van der Waals surface area contributed by atoms with Crippen LogP contribution in [0.1, 0.15) is 16.2 Å². The predicted molar refractivity (Wildman–Crippen MR) is 117 cm³/mol. The number of aromatic carboxylic acids is 1. The van der Waals surface area contributed by atoms with Crippen LogP contribution in [-0.2, 0) is 15.0 Å². The predicted octanol–water partition coefficient (Wildman–Crippen LogP) is 2.55. The zero-order valence-corrected chi connectivity index (χ0v) is 17.6. The second-order valence-electron chi connectivity index (χ2n) is 6.61. The summed E-state index contributed by atoms with van der Waals surface area (Å²) in [5.74, 6) is -1.79. The van der Waals surface area contributed by atoms with E-state index in [0.717, 1.165) is 14.4 Å². The molecule has 3 aromatic rings. The van der Waals surface area contributed by atoms with E-state index in [-0.39, 0.29) is 17.1 Å². The monoisotopic (exact) mass is 440 g/mol. The molecule has 1 amide bonds. The van der Waals surface area contributed by atoms with Crippen LogP contribution in [0.4, 0.5) is 5.69 Å². The van der Waals surface area contributed by atoms with E-state index in [1.807, 2.05) is 6.07 Å². The molecule has 10 heteroatoms. The molecular weight excluding hydrogens is 420 g/mol. The minimum atomic E-state index is -3.89. The van der Waals surface area contributed by atoms with Gasteiger partial charge in [0.05, 0.1) is 23.1 Å². The summed E-state index contributed by atoms with van der Waals surface area (Å²) in [6, 6.07) is 15.0. The first-order valence-corrected chi connectivity index (χ1v) is 10.5. The van der Waals surface area contributed by atoms with Gasteiger partial charge < -0.3 is 10.4 Å². The summed E-state index contributed by atoms with van der Waals surface area (Å²) in [5.41, 5.74) is 1.19. The highest BCUT2D eigenvalue weighted by Gasteiger charge is 2.21. The number of carboxylic acids is 1. The van der Waals surface area contributed by atoms with E-state index in [9.17, 15) is 23.1 Å². The molecule has 2 N–H and O–H groups in total. The third kappa shape index (κ3) is 4.87. The first kappa shape index (κ1) is 21.9. The average Bonchev–Trinajstić information content (AvgIpc) is 3.18. The standard InChI is InChI=1S/C21H20N4O5S/c1-24(2)31(29,30)25-14-18(15-8-4-3-5-9-15)22-19(25)12-13-20(26)23-17-11-7-6-10-16(17)21(27)28/h3-14H,1-2H3,(H,23,26)(H,27,28)/b13-12+. The van der Waals surface area contributed by atoms with Crippen LogP contribution in [0.2, 0.25) is 0 Å². The van der Waals surface area contributed by atoms with Crippen molar-refractivity contribution >= 4 is 33.8 Å². The Morgan fingerprint density at radius 3 is 2.35 bits per heavy atom. The molecule has 1 aromatic heterocycles. The lowest BCUT2D eigenvalue weighted by Crippen LogP contribution is -2.29. The van der Waals surface area contributed by atoms with E-state index in [4.69, 9.17) is 0 Å². The summed E-state index contributed by atoms with van der Waals surface area (Å²) < 4.78 is 27.4. The number of carboxylic acid groups (broad SMARTS) is 1. The van der Waals surface area contributed by atoms with Crippen molar-refractivity contribution in [2.24, 2.45) is 0 Å². The Morgan fingerprint density at radius 2 is 1.71 bits per heavy atom. The van der Waals surface area contributed by atoms with Gasteiger partial charge in [0.2, 0.25) is 5.91 Å². The summed E-state index contributed by atoms with van der Waals surface area (Å²) >= 11 is 0. The van der Waals surface area contributed by atoms with Crippen molar-refractivity contribution in [1.82, 2.24) is 13.3 Å². The molecule has 0 aliphatic rings. The van der Waals surface area contributed by atoms with Crippen molar-refractivity contribution < 1.29 is 23.1 Å². The Balaban J connectivity index is 1.95. The van der Waals surface area contributed by atoms with E-state index in [0.29, 0.717) is 11.3 Å². The molecule has 0 atom stereocenters. The molecule has 0 aliphatic heterocycles. The van der Waals surface area contributed by atoms with Gasteiger partial charge in [0, 0.05) is 25.7 Å². The Hall–Kier alpha value is -3.76. The molecule has 0 bridgehead atoms. The Kier molecular flexibility index (Phi) is 6.33.